The van der Waals surface area contributed by atoms with E-state index in [0.717, 1.165) is 0 Å². The molecule has 1 saturated heterocycles. The lowest BCUT2D eigenvalue weighted by molar-refractivity contribution is -0.132. The van der Waals surface area contributed by atoms with Crippen LogP contribution in [0.2, 0.25) is 0 Å². The number of Topliss-reactive ketones (excluding diaryl/α,β-unsaturated/α-hetero) is 1. The van der Waals surface area contributed by atoms with Crippen LogP contribution in [0.3, 0.4) is 0 Å². The summed E-state index contributed by atoms with van der Waals surface area (Å²) in [6, 6.07) is -0.460. The van der Waals surface area contributed by atoms with Crippen molar-refractivity contribution in [2.24, 2.45) is 0 Å². The average Bonchev–Trinajstić information content (AvgIpc) is 2.72. The first-order chi connectivity index (χ1) is 7.99. The van der Waals surface area contributed by atoms with Crippen molar-refractivity contribution in [1.82, 2.24) is 10.3 Å². The number of carbonyl (C=O) groups is 3. The van der Waals surface area contributed by atoms with Crippen LogP contribution in [0.4, 0.5) is 5.13 Å². The Bertz CT molecular complexity index is 497. The molecule has 1 atom stereocenters. The third-order valence-electron chi connectivity index (χ3n) is 2.52. The Balaban J connectivity index is 2.28. The van der Waals surface area contributed by atoms with E-state index in [-0.39, 0.29) is 24.1 Å². The van der Waals surface area contributed by atoms with Crippen molar-refractivity contribution in [2.75, 3.05) is 11.4 Å². The van der Waals surface area contributed by atoms with E-state index in [9.17, 15) is 14.4 Å². The van der Waals surface area contributed by atoms with Crippen molar-refractivity contribution in [3.63, 3.8) is 0 Å². The number of hydrogen-bond acceptors (Lipinski definition) is 6. The number of hydrogen-bond donors (Lipinski definition) is 1. The largest absolute Gasteiger partial charge is 0.327 e. The van der Waals surface area contributed by atoms with Gasteiger partial charge in [-0.05, 0) is 6.92 Å². The van der Waals surface area contributed by atoms with Gasteiger partial charge in [-0.1, -0.05) is 0 Å². The molecule has 1 aromatic rings. The maximum absolute atomic E-state index is 11.5. The molecule has 1 aliphatic rings. The molecule has 1 N–H and O–H groups in total. The zero-order valence-electron chi connectivity index (χ0n) is 9.39. The van der Waals surface area contributed by atoms with E-state index in [1.165, 1.54) is 18.3 Å². The number of thiazole rings is 1. The molecule has 1 aromatic heterocycles. The van der Waals surface area contributed by atoms with Gasteiger partial charge in [0, 0.05) is 12.3 Å². The monoisotopic (exact) mass is 253 g/mol. The van der Waals surface area contributed by atoms with Gasteiger partial charge in [0.2, 0.25) is 11.8 Å². The second kappa shape index (κ2) is 4.25. The minimum absolute atomic E-state index is 0.0811. The van der Waals surface area contributed by atoms with Gasteiger partial charge in [-0.15, -0.1) is 11.3 Å². The quantitative estimate of drug-likeness (QED) is 0.601. The van der Waals surface area contributed by atoms with Crippen molar-refractivity contribution in [1.29, 1.82) is 0 Å². The molecule has 0 aromatic carbocycles. The number of aromatic nitrogens is 1. The lowest BCUT2D eigenvalue weighted by Gasteiger charge is -2.31. The number of rotatable bonds is 2. The van der Waals surface area contributed by atoms with E-state index >= 15 is 0 Å². The summed E-state index contributed by atoms with van der Waals surface area (Å²) in [7, 11) is 0. The fraction of sp³-hybridized carbons (Fsp3) is 0.400. The van der Waals surface area contributed by atoms with E-state index in [4.69, 9.17) is 0 Å². The third kappa shape index (κ3) is 2.19. The average molecular weight is 253 g/mol. The number of nitrogens with zero attached hydrogens (tertiary/aromatic N) is 2. The molecule has 2 rings (SSSR count). The summed E-state index contributed by atoms with van der Waals surface area (Å²) in [5.41, 5.74) is 0.357. The van der Waals surface area contributed by atoms with Gasteiger partial charge in [0.05, 0.1) is 0 Å². The van der Waals surface area contributed by atoms with Crippen molar-refractivity contribution >= 4 is 34.1 Å². The van der Waals surface area contributed by atoms with Gasteiger partial charge >= 0.3 is 0 Å². The lowest BCUT2D eigenvalue weighted by atomic mass is 10.2. The fourth-order valence-electron chi connectivity index (χ4n) is 1.51. The van der Waals surface area contributed by atoms with Crippen LogP contribution in [0.5, 0.6) is 0 Å². The molecule has 1 aliphatic heterocycles. The van der Waals surface area contributed by atoms with Crippen LogP contribution < -0.4 is 10.2 Å². The third-order valence-corrected chi connectivity index (χ3v) is 3.40. The summed E-state index contributed by atoms with van der Waals surface area (Å²) in [4.78, 5) is 39.6. The fourth-order valence-corrected chi connectivity index (χ4v) is 2.45. The lowest BCUT2D eigenvalue weighted by Crippen LogP contribution is -2.57. The number of anilines is 1. The molecule has 7 heteroatoms. The minimum atomic E-state index is -0.460. The second-order valence-electron chi connectivity index (χ2n) is 3.79. The van der Waals surface area contributed by atoms with Gasteiger partial charge in [-0.2, -0.15) is 0 Å². The highest BCUT2D eigenvalue weighted by atomic mass is 32.1. The normalized spacial score (nSPS) is 20.4. The molecule has 2 heterocycles. The molecule has 1 fully saturated rings. The Morgan fingerprint density at radius 2 is 2.29 bits per heavy atom. The highest BCUT2D eigenvalue weighted by molar-refractivity contribution is 7.14. The topological polar surface area (TPSA) is 79.4 Å². The molecule has 2 amide bonds. The summed E-state index contributed by atoms with van der Waals surface area (Å²) < 4.78 is 0. The van der Waals surface area contributed by atoms with E-state index in [0.29, 0.717) is 10.8 Å². The second-order valence-corrected chi connectivity index (χ2v) is 4.62. The van der Waals surface area contributed by atoms with Crippen LogP contribution in [-0.2, 0) is 9.59 Å². The molecule has 0 aliphatic carbocycles. The van der Waals surface area contributed by atoms with Gasteiger partial charge in [0.1, 0.15) is 18.3 Å². The number of amides is 2. The summed E-state index contributed by atoms with van der Waals surface area (Å²) >= 11 is 1.25. The van der Waals surface area contributed by atoms with Gasteiger partial charge in [-0.25, -0.2) is 4.98 Å². The van der Waals surface area contributed by atoms with Crippen molar-refractivity contribution in [2.45, 2.75) is 19.9 Å². The number of piperazine rings is 1. The van der Waals surface area contributed by atoms with E-state index in [1.807, 2.05) is 0 Å². The Hall–Kier alpha value is -1.76. The standard InChI is InChI=1S/C10H11N3O3S/c1-5-9(16)12-8(15)3-13(5)10-11-7(4-17-10)6(2)14/h4-5H,3H2,1-2H3,(H,12,15,16). The Morgan fingerprint density at radius 3 is 2.88 bits per heavy atom. The summed E-state index contributed by atoms with van der Waals surface area (Å²) in [6.07, 6.45) is 0. The van der Waals surface area contributed by atoms with Gasteiger partial charge in [-0.3, -0.25) is 19.7 Å². The summed E-state index contributed by atoms with van der Waals surface area (Å²) in [6.45, 7) is 3.20. The molecule has 17 heavy (non-hydrogen) atoms. The van der Waals surface area contributed by atoms with Crippen LogP contribution in [0.25, 0.3) is 0 Å². The number of imide groups is 1. The number of carbonyl (C=O) groups excluding carboxylic acids is 3. The zero-order chi connectivity index (χ0) is 12.6. The first-order valence-corrected chi connectivity index (χ1v) is 5.94. The maximum atomic E-state index is 11.5. The van der Waals surface area contributed by atoms with Crippen LogP contribution in [0.1, 0.15) is 24.3 Å². The number of nitrogens with one attached hydrogen (secondary N) is 1. The Kier molecular flexibility index (Phi) is 2.93. The van der Waals surface area contributed by atoms with Crippen molar-refractivity contribution < 1.29 is 14.4 Å². The molecule has 90 valence electrons. The zero-order valence-corrected chi connectivity index (χ0v) is 10.2. The first kappa shape index (κ1) is 11.7. The highest BCUT2D eigenvalue weighted by Gasteiger charge is 2.32. The molecule has 6 nitrogen and oxygen atoms in total. The molecular weight excluding hydrogens is 242 g/mol. The van der Waals surface area contributed by atoms with E-state index in [2.05, 4.69) is 10.3 Å². The predicted octanol–water partition coefficient (Wildman–Crippen LogP) is 0.197. The predicted molar refractivity (Wildman–Crippen MR) is 62.1 cm³/mol. The SMILES string of the molecule is CC(=O)c1csc(N2CC(=O)NC(=O)C2C)n1. The molecule has 0 saturated carbocycles. The van der Waals surface area contributed by atoms with Crippen LogP contribution in [0.15, 0.2) is 5.38 Å². The van der Waals surface area contributed by atoms with Gasteiger partial charge in [0.25, 0.3) is 0 Å². The Morgan fingerprint density at radius 1 is 1.59 bits per heavy atom. The van der Waals surface area contributed by atoms with Crippen LogP contribution in [0, 0.1) is 0 Å². The molecule has 0 radical (unpaired) electrons. The number of ketones is 1. The van der Waals surface area contributed by atoms with E-state index < -0.39 is 6.04 Å². The van der Waals surface area contributed by atoms with E-state index in [1.54, 1.807) is 17.2 Å². The van der Waals surface area contributed by atoms with Crippen LogP contribution in [-0.4, -0.2) is 35.2 Å². The van der Waals surface area contributed by atoms with Crippen molar-refractivity contribution in [3.05, 3.63) is 11.1 Å². The molecule has 0 spiro atoms. The molecule has 0 bridgehead atoms. The highest BCUT2D eigenvalue weighted by Crippen LogP contribution is 2.23. The Labute approximate surface area is 102 Å². The first-order valence-electron chi connectivity index (χ1n) is 5.06. The minimum Gasteiger partial charge on any atom is -0.327 e. The smallest absolute Gasteiger partial charge is 0.249 e. The summed E-state index contributed by atoms with van der Waals surface area (Å²) in [5.74, 6) is -0.832. The van der Waals surface area contributed by atoms with Gasteiger partial charge in [0.15, 0.2) is 10.9 Å². The summed E-state index contributed by atoms with van der Waals surface area (Å²) in [5, 5.41) is 4.39. The van der Waals surface area contributed by atoms with Crippen molar-refractivity contribution in [3.8, 4) is 0 Å². The molecular formula is C10H11N3O3S. The van der Waals surface area contributed by atoms with Crippen LogP contribution >= 0.6 is 11.3 Å². The molecule has 1 unspecified atom stereocenters. The van der Waals surface area contributed by atoms with Gasteiger partial charge < -0.3 is 4.90 Å². The maximum Gasteiger partial charge on any atom is 0.249 e.